The number of nitrogens with two attached hydrogens (primary N) is 1. The van der Waals surface area contributed by atoms with Crippen molar-refractivity contribution in [1.82, 2.24) is 5.16 Å². The molecular weight excluding hydrogens is 219 g/mol. The molecule has 3 rings (SSSR count). The first-order chi connectivity index (χ1) is 8.24. The number of nitrogens with zero attached hydrogens (tertiary/aromatic N) is 1. The molecule has 1 aliphatic carbocycles. The van der Waals surface area contributed by atoms with Gasteiger partial charge < -0.3 is 10.3 Å². The Balaban J connectivity index is 2.04. The molecule has 0 saturated heterocycles. The van der Waals surface area contributed by atoms with Crippen molar-refractivity contribution in [1.29, 1.82) is 0 Å². The monoisotopic (exact) mass is 232 g/mol. The molecule has 2 aromatic rings. The number of aromatic nitrogens is 1. The molecule has 3 nitrogen and oxygen atoms in total. The third-order valence-corrected chi connectivity index (χ3v) is 3.20. The molecule has 1 aliphatic rings. The smallest absolute Gasteiger partial charge is 0.140 e. The predicted molar refractivity (Wildman–Crippen MR) is 61.9 cm³/mol. The lowest BCUT2D eigenvalue weighted by atomic mass is 9.91. The van der Waals surface area contributed by atoms with Crippen LogP contribution >= 0.6 is 0 Å². The van der Waals surface area contributed by atoms with Crippen LogP contribution in [0.3, 0.4) is 0 Å². The summed E-state index contributed by atoms with van der Waals surface area (Å²) in [5.74, 6) is 0.675. The number of fused-ring (bicyclic) bond motifs is 1. The highest BCUT2D eigenvalue weighted by molar-refractivity contribution is 5.63. The number of aryl methyl sites for hydroxylation is 1. The molecule has 0 radical (unpaired) electrons. The minimum absolute atomic E-state index is 0.168. The van der Waals surface area contributed by atoms with E-state index in [1.165, 1.54) is 12.1 Å². The van der Waals surface area contributed by atoms with Crippen LogP contribution in [-0.4, -0.2) is 11.2 Å². The van der Waals surface area contributed by atoms with Gasteiger partial charge in [-0.1, -0.05) is 5.16 Å². The van der Waals surface area contributed by atoms with Crippen LogP contribution in [-0.2, 0) is 12.8 Å². The van der Waals surface area contributed by atoms with E-state index in [-0.39, 0.29) is 11.9 Å². The Bertz CT molecular complexity index is 533. The average molecular weight is 232 g/mol. The summed E-state index contributed by atoms with van der Waals surface area (Å²) in [6.07, 6.45) is 2.56. The Kier molecular flexibility index (Phi) is 2.44. The van der Waals surface area contributed by atoms with Gasteiger partial charge >= 0.3 is 0 Å². The van der Waals surface area contributed by atoms with Crippen molar-refractivity contribution in [2.45, 2.75) is 25.3 Å². The van der Waals surface area contributed by atoms with Crippen LogP contribution in [0, 0.1) is 5.82 Å². The van der Waals surface area contributed by atoms with E-state index < -0.39 is 0 Å². The van der Waals surface area contributed by atoms with Gasteiger partial charge in [-0.05, 0) is 37.1 Å². The zero-order valence-corrected chi connectivity index (χ0v) is 9.32. The fourth-order valence-corrected chi connectivity index (χ4v) is 2.27. The van der Waals surface area contributed by atoms with E-state index in [0.717, 1.165) is 41.8 Å². The quantitative estimate of drug-likeness (QED) is 0.820. The summed E-state index contributed by atoms with van der Waals surface area (Å²) in [4.78, 5) is 0. The van der Waals surface area contributed by atoms with Crippen molar-refractivity contribution in [2.75, 3.05) is 0 Å². The molecule has 0 amide bonds. The van der Waals surface area contributed by atoms with Gasteiger partial charge in [0.05, 0.1) is 0 Å². The molecule has 0 fully saturated rings. The summed E-state index contributed by atoms with van der Waals surface area (Å²) in [5, 5.41) is 4.08. The first-order valence-corrected chi connectivity index (χ1v) is 5.73. The van der Waals surface area contributed by atoms with E-state index in [1.54, 1.807) is 12.1 Å². The van der Waals surface area contributed by atoms with Gasteiger partial charge in [0, 0.05) is 23.6 Å². The molecule has 0 bridgehead atoms. The second-order valence-corrected chi connectivity index (χ2v) is 4.44. The SMILES string of the molecule is N[C@@H]1CCc2onc(-c3ccc(F)cc3)c2C1. The molecule has 0 saturated carbocycles. The van der Waals surface area contributed by atoms with Crippen molar-refractivity contribution in [3.63, 3.8) is 0 Å². The highest BCUT2D eigenvalue weighted by Crippen LogP contribution is 2.30. The maximum Gasteiger partial charge on any atom is 0.140 e. The molecule has 1 heterocycles. The van der Waals surface area contributed by atoms with E-state index >= 15 is 0 Å². The standard InChI is InChI=1S/C13H13FN2O/c14-9-3-1-8(2-4-9)13-11-7-10(15)5-6-12(11)17-16-13/h1-4,10H,5-7,15H2/t10-/m1/s1. The molecule has 0 aliphatic heterocycles. The van der Waals surface area contributed by atoms with Crippen LogP contribution in [0.4, 0.5) is 4.39 Å². The number of benzene rings is 1. The molecule has 1 aromatic carbocycles. The molecule has 88 valence electrons. The molecule has 0 spiro atoms. The average Bonchev–Trinajstić information content (AvgIpc) is 2.73. The second kappa shape index (κ2) is 3.96. The van der Waals surface area contributed by atoms with E-state index in [4.69, 9.17) is 10.3 Å². The van der Waals surface area contributed by atoms with Gasteiger partial charge in [-0.3, -0.25) is 0 Å². The van der Waals surface area contributed by atoms with Gasteiger partial charge in [0.15, 0.2) is 0 Å². The topological polar surface area (TPSA) is 52.0 Å². The predicted octanol–water partition coefficient (Wildman–Crippen LogP) is 2.30. The van der Waals surface area contributed by atoms with E-state index in [0.29, 0.717) is 0 Å². The number of rotatable bonds is 1. The molecular formula is C13H13FN2O. The van der Waals surface area contributed by atoms with Gasteiger partial charge in [0.2, 0.25) is 0 Å². The largest absolute Gasteiger partial charge is 0.360 e. The summed E-state index contributed by atoms with van der Waals surface area (Å²) < 4.78 is 18.2. The lowest BCUT2D eigenvalue weighted by Gasteiger charge is -2.16. The van der Waals surface area contributed by atoms with Crippen LogP contribution in [0.1, 0.15) is 17.7 Å². The summed E-state index contributed by atoms with van der Waals surface area (Å²) >= 11 is 0. The first kappa shape index (κ1) is 10.5. The van der Waals surface area contributed by atoms with Crippen LogP contribution in [0.15, 0.2) is 28.8 Å². The Morgan fingerprint density at radius 3 is 2.82 bits per heavy atom. The highest BCUT2D eigenvalue weighted by atomic mass is 19.1. The summed E-state index contributed by atoms with van der Waals surface area (Å²) in [6, 6.07) is 6.46. The normalized spacial score (nSPS) is 19.1. The Morgan fingerprint density at radius 2 is 2.06 bits per heavy atom. The maximum atomic E-state index is 12.9. The van der Waals surface area contributed by atoms with Crippen LogP contribution in [0.25, 0.3) is 11.3 Å². The van der Waals surface area contributed by atoms with Gasteiger partial charge in [-0.15, -0.1) is 0 Å². The van der Waals surface area contributed by atoms with Crippen molar-refractivity contribution >= 4 is 0 Å². The second-order valence-electron chi connectivity index (χ2n) is 4.44. The highest BCUT2D eigenvalue weighted by Gasteiger charge is 2.24. The minimum Gasteiger partial charge on any atom is -0.360 e. The Morgan fingerprint density at radius 1 is 1.29 bits per heavy atom. The molecule has 0 unspecified atom stereocenters. The number of hydrogen-bond donors (Lipinski definition) is 1. The van der Waals surface area contributed by atoms with Crippen molar-refractivity contribution < 1.29 is 8.91 Å². The molecule has 1 atom stereocenters. The Labute approximate surface area is 98.4 Å². The summed E-state index contributed by atoms with van der Waals surface area (Å²) in [7, 11) is 0. The van der Waals surface area contributed by atoms with Crippen LogP contribution in [0.5, 0.6) is 0 Å². The fraction of sp³-hybridized carbons (Fsp3) is 0.308. The van der Waals surface area contributed by atoms with Crippen molar-refractivity contribution in [3.8, 4) is 11.3 Å². The third-order valence-electron chi connectivity index (χ3n) is 3.20. The van der Waals surface area contributed by atoms with Crippen LogP contribution < -0.4 is 5.73 Å². The van der Waals surface area contributed by atoms with Gasteiger partial charge in [-0.2, -0.15) is 0 Å². The van der Waals surface area contributed by atoms with E-state index in [2.05, 4.69) is 5.16 Å². The number of hydrogen-bond acceptors (Lipinski definition) is 3. The van der Waals surface area contributed by atoms with Crippen LogP contribution in [0.2, 0.25) is 0 Å². The summed E-state index contributed by atoms with van der Waals surface area (Å²) in [6.45, 7) is 0. The fourth-order valence-electron chi connectivity index (χ4n) is 2.27. The lowest BCUT2D eigenvalue weighted by molar-refractivity contribution is 0.367. The maximum absolute atomic E-state index is 12.9. The van der Waals surface area contributed by atoms with Gasteiger partial charge in [-0.25, -0.2) is 4.39 Å². The van der Waals surface area contributed by atoms with Gasteiger partial charge in [0.25, 0.3) is 0 Å². The zero-order valence-electron chi connectivity index (χ0n) is 9.32. The third kappa shape index (κ3) is 1.85. The first-order valence-electron chi connectivity index (χ1n) is 5.73. The van der Waals surface area contributed by atoms with E-state index in [9.17, 15) is 4.39 Å². The van der Waals surface area contributed by atoms with Crippen molar-refractivity contribution in [2.24, 2.45) is 5.73 Å². The number of halogens is 1. The zero-order chi connectivity index (χ0) is 11.8. The molecule has 17 heavy (non-hydrogen) atoms. The van der Waals surface area contributed by atoms with E-state index in [1.807, 2.05) is 0 Å². The Hall–Kier alpha value is -1.68. The molecule has 2 N–H and O–H groups in total. The molecule has 1 aromatic heterocycles. The molecule has 4 heteroatoms. The minimum atomic E-state index is -0.247. The van der Waals surface area contributed by atoms with Gasteiger partial charge in [0.1, 0.15) is 17.3 Å². The summed E-state index contributed by atoms with van der Waals surface area (Å²) in [5.41, 5.74) is 8.71. The van der Waals surface area contributed by atoms with Crippen molar-refractivity contribution in [3.05, 3.63) is 41.4 Å². The lowest BCUT2D eigenvalue weighted by Crippen LogP contribution is -2.27.